The van der Waals surface area contributed by atoms with Crippen LogP contribution in [0, 0.1) is 5.82 Å². The fourth-order valence-electron chi connectivity index (χ4n) is 2.41. The van der Waals surface area contributed by atoms with E-state index in [0.717, 1.165) is 30.9 Å². The molecule has 0 aliphatic carbocycles. The maximum Gasteiger partial charge on any atom is 0.240 e. The Bertz CT molecular complexity index is 585. The molecule has 0 radical (unpaired) electrons. The molecule has 0 N–H and O–H groups in total. The number of rotatable bonds is 4. The van der Waals surface area contributed by atoms with Gasteiger partial charge in [0.05, 0.1) is 19.3 Å². The van der Waals surface area contributed by atoms with Gasteiger partial charge in [0.15, 0.2) is 5.82 Å². The van der Waals surface area contributed by atoms with Gasteiger partial charge in [0.25, 0.3) is 0 Å². The highest BCUT2D eigenvalue weighted by atomic mass is 19.1. The predicted molar refractivity (Wildman–Crippen MR) is 74.0 cm³/mol. The van der Waals surface area contributed by atoms with Crippen LogP contribution in [0.3, 0.4) is 0 Å². The van der Waals surface area contributed by atoms with Crippen molar-refractivity contribution < 1.29 is 13.7 Å². The molecule has 1 aliphatic rings. The minimum atomic E-state index is -0.232. The third-order valence-corrected chi connectivity index (χ3v) is 3.58. The average Bonchev–Trinajstić information content (AvgIpc) is 2.96. The van der Waals surface area contributed by atoms with E-state index in [-0.39, 0.29) is 11.9 Å². The number of aromatic nitrogens is 2. The van der Waals surface area contributed by atoms with Crippen LogP contribution in [0.1, 0.15) is 30.3 Å². The topological polar surface area (TPSA) is 51.4 Å². The second-order valence-electron chi connectivity index (χ2n) is 5.10. The van der Waals surface area contributed by atoms with Crippen molar-refractivity contribution in [2.24, 2.45) is 0 Å². The minimum absolute atomic E-state index is 0.0482. The first kappa shape index (κ1) is 14.2. The summed E-state index contributed by atoms with van der Waals surface area (Å²) in [4.78, 5) is 6.54. The van der Waals surface area contributed by atoms with Crippen molar-refractivity contribution in [2.75, 3.05) is 19.7 Å². The quantitative estimate of drug-likeness (QED) is 0.865. The molecule has 0 amide bonds. The van der Waals surface area contributed by atoms with Gasteiger partial charge < -0.3 is 9.26 Å². The van der Waals surface area contributed by atoms with Crippen molar-refractivity contribution in [3.8, 4) is 0 Å². The number of halogens is 1. The lowest BCUT2D eigenvalue weighted by Crippen LogP contribution is -2.37. The molecule has 0 spiro atoms. The minimum Gasteiger partial charge on any atom is -0.371 e. The summed E-state index contributed by atoms with van der Waals surface area (Å²) in [5.74, 6) is 1.13. The van der Waals surface area contributed by atoms with Gasteiger partial charge in [-0.05, 0) is 17.7 Å². The summed E-state index contributed by atoms with van der Waals surface area (Å²) < 4.78 is 24.0. The lowest BCUT2D eigenvalue weighted by atomic mass is 10.1. The molecule has 21 heavy (non-hydrogen) atoms. The van der Waals surface area contributed by atoms with Crippen molar-refractivity contribution in [3.05, 3.63) is 47.4 Å². The molecule has 0 saturated carbocycles. The molecule has 0 bridgehead atoms. The fraction of sp³-hybridized carbons (Fsp3) is 0.467. The maximum atomic E-state index is 13.0. The van der Waals surface area contributed by atoms with Crippen LogP contribution in [0.5, 0.6) is 0 Å². The van der Waals surface area contributed by atoms with Gasteiger partial charge in [-0.25, -0.2) is 4.39 Å². The molecule has 5 nitrogen and oxygen atoms in total. The summed E-state index contributed by atoms with van der Waals surface area (Å²) in [6, 6.07) is 6.46. The predicted octanol–water partition coefficient (Wildman–Crippen LogP) is 2.34. The molecule has 1 saturated heterocycles. The third kappa shape index (κ3) is 3.46. The fourth-order valence-corrected chi connectivity index (χ4v) is 2.41. The molecule has 0 unspecified atom stereocenters. The summed E-state index contributed by atoms with van der Waals surface area (Å²) in [5, 5.41) is 3.90. The number of morpholine rings is 1. The zero-order chi connectivity index (χ0) is 14.7. The monoisotopic (exact) mass is 291 g/mol. The van der Waals surface area contributed by atoms with Crippen molar-refractivity contribution in [3.63, 3.8) is 0 Å². The summed E-state index contributed by atoms with van der Waals surface area (Å²) >= 11 is 0. The Balaban J connectivity index is 1.63. The van der Waals surface area contributed by atoms with Crippen molar-refractivity contribution in [2.45, 2.75) is 26.0 Å². The number of aryl methyl sites for hydroxylation is 1. The summed E-state index contributed by atoms with van der Waals surface area (Å²) in [7, 11) is 0. The first-order valence-corrected chi connectivity index (χ1v) is 7.15. The number of hydrogen-bond acceptors (Lipinski definition) is 5. The molecule has 2 heterocycles. The Kier molecular flexibility index (Phi) is 4.26. The normalized spacial score (nSPS) is 19.8. The van der Waals surface area contributed by atoms with E-state index in [9.17, 15) is 4.39 Å². The van der Waals surface area contributed by atoms with Gasteiger partial charge in [-0.1, -0.05) is 24.2 Å². The molecule has 2 aromatic rings. The zero-order valence-electron chi connectivity index (χ0n) is 12.0. The molecular weight excluding hydrogens is 273 g/mol. The van der Waals surface area contributed by atoms with Crippen LogP contribution >= 0.6 is 0 Å². The molecule has 6 heteroatoms. The number of hydrogen-bond donors (Lipinski definition) is 0. The van der Waals surface area contributed by atoms with Crippen LogP contribution in [0.2, 0.25) is 0 Å². The molecule has 1 aliphatic heterocycles. The van der Waals surface area contributed by atoms with Gasteiger partial charge in [0, 0.05) is 19.5 Å². The van der Waals surface area contributed by atoms with Gasteiger partial charge in [-0.2, -0.15) is 4.98 Å². The molecule has 1 fully saturated rings. The second kappa shape index (κ2) is 6.32. The lowest BCUT2D eigenvalue weighted by Gasteiger charge is -2.32. The average molecular weight is 291 g/mol. The highest BCUT2D eigenvalue weighted by Gasteiger charge is 2.23. The maximum absolute atomic E-state index is 13.0. The first-order chi connectivity index (χ1) is 10.2. The van der Waals surface area contributed by atoms with Crippen LogP contribution in [-0.4, -0.2) is 34.7 Å². The Morgan fingerprint density at radius 2 is 2.14 bits per heavy atom. The van der Waals surface area contributed by atoms with E-state index in [1.807, 2.05) is 6.92 Å². The van der Waals surface area contributed by atoms with Crippen LogP contribution in [0.4, 0.5) is 4.39 Å². The van der Waals surface area contributed by atoms with Gasteiger partial charge in [0.1, 0.15) is 5.82 Å². The van der Waals surface area contributed by atoms with E-state index >= 15 is 0 Å². The van der Waals surface area contributed by atoms with Crippen molar-refractivity contribution >= 4 is 0 Å². The Morgan fingerprint density at radius 3 is 2.86 bits per heavy atom. The van der Waals surface area contributed by atoms with Crippen molar-refractivity contribution in [1.82, 2.24) is 15.0 Å². The van der Waals surface area contributed by atoms with E-state index < -0.39 is 0 Å². The lowest BCUT2D eigenvalue weighted by molar-refractivity contribution is -0.0356. The van der Waals surface area contributed by atoms with E-state index in [4.69, 9.17) is 9.26 Å². The standard InChI is InChI=1S/C15H18FN3O2/c1-2-14-17-15(21-18-14)10-19-7-8-20-13(9-19)11-3-5-12(16)6-4-11/h3-6,13H,2,7-10H2,1H3/t13-/m1/s1. The summed E-state index contributed by atoms with van der Waals surface area (Å²) in [6.45, 7) is 4.80. The molecular formula is C15H18FN3O2. The summed E-state index contributed by atoms with van der Waals surface area (Å²) in [5.41, 5.74) is 0.987. The molecule has 112 valence electrons. The number of ether oxygens (including phenoxy) is 1. The van der Waals surface area contributed by atoms with Crippen molar-refractivity contribution in [1.29, 1.82) is 0 Å². The van der Waals surface area contributed by atoms with E-state index in [1.165, 1.54) is 12.1 Å². The van der Waals surface area contributed by atoms with Gasteiger partial charge in [0.2, 0.25) is 5.89 Å². The largest absolute Gasteiger partial charge is 0.371 e. The second-order valence-corrected chi connectivity index (χ2v) is 5.10. The number of benzene rings is 1. The van der Waals surface area contributed by atoms with E-state index in [2.05, 4.69) is 15.0 Å². The molecule has 1 aromatic carbocycles. The Hall–Kier alpha value is -1.79. The molecule has 1 atom stereocenters. The SMILES string of the molecule is CCc1noc(CN2CCO[C@@H](c3ccc(F)cc3)C2)n1. The van der Waals surface area contributed by atoms with Gasteiger partial charge in [-0.15, -0.1) is 0 Å². The highest BCUT2D eigenvalue weighted by Crippen LogP contribution is 2.23. The van der Waals surface area contributed by atoms with Crippen LogP contribution in [0.15, 0.2) is 28.8 Å². The number of nitrogens with zero attached hydrogens (tertiary/aromatic N) is 3. The van der Waals surface area contributed by atoms with Gasteiger partial charge >= 0.3 is 0 Å². The Labute approximate surface area is 122 Å². The van der Waals surface area contributed by atoms with E-state index in [1.54, 1.807) is 12.1 Å². The Morgan fingerprint density at radius 1 is 1.33 bits per heavy atom. The smallest absolute Gasteiger partial charge is 0.240 e. The molecule has 1 aromatic heterocycles. The third-order valence-electron chi connectivity index (χ3n) is 3.58. The van der Waals surface area contributed by atoms with E-state index in [0.29, 0.717) is 19.0 Å². The van der Waals surface area contributed by atoms with Crippen LogP contribution in [0.25, 0.3) is 0 Å². The first-order valence-electron chi connectivity index (χ1n) is 7.15. The summed E-state index contributed by atoms with van der Waals surface area (Å²) in [6.07, 6.45) is 0.720. The zero-order valence-corrected chi connectivity index (χ0v) is 12.0. The van der Waals surface area contributed by atoms with Crippen LogP contribution in [-0.2, 0) is 17.7 Å². The molecule has 3 rings (SSSR count). The highest BCUT2D eigenvalue weighted by molar-refractivity contribution is 5.19. The van der Waals surface area contributed by atoms with Crippen LogP contribution < -0.4 is 0 Å². The van der Waals surface area contributed by atoms with Gasteiger partial charge in [-0.3, -0.25) is 4.90 Å².